The summed E-state index contributed by atoms with van der Waals surface area (Å²) >= 11 is 1.61. The van der Waals surface area contributed by atoms with E-state index in [0.29, 0.717) is 17.7 Å². The fourth-order valence-corrected chi connectivity index (χ4v) is 2.97. The Kier molecular flexibility index (Phi) is 4.69. The van der Waals surface area contributed by atoms with E-state index in [9.17, 15) is 9.90 Å². The van der Waals surface area contributed by atoms with Crippen LogP contribution >= 0.6 is 11.8 Å². The van der Waals surface area contributed by atoms with E-state index in [1.807, 2.05) is 55.5 Å². The Morgan fingerprint density at radius 3 is 2.45 bits per heavy atom. The van der Waals surface area contributed by atoms with Crippen molar-refractivity contribution in [1.82, 2.24) is 0 Å². The van der Waals surface area contributed by atoms with E-state index in [0.717, 1.165) is 9.79 Å². The van der Waals surface area contributed by atoms with E-state index in [1.165, 1.54) is 0 Å². The van der Waals surface area contributed by atoms with Crippen LogP contribution in [-0.2, 0) is 4.79 Å². The number of aliphatic carboxylic acids is 1. The van der Waals surface area contributed by atoms with Gasteiger partial charge in [0.05, 0.1) is 5.92 Å². The number of benzene rings is 2. The summed E-state index contributed by atoms with van der Waals surface area (Å²) in [7, 11) is 0. The molecule has 0 saturated heterocycles. The van der Waals surface area contributed by atoms with Crippen LogP contribution in [-0.4, -0.2) is 11.1 Å². The van der Waals surface area contributed by atoms with Gasteiger partial charge in [-0.25, -0.2) is 0 Å². The van der Waals surface area contributed by atoms with Crippen molar-refractivity contribution in [3.05, 3.63) is 54.1 Å². The van der Waals surface area contributed by atoms with Crippen LogP contribution in [0.2, 0.25) is 0 Å². The number of hydrogen-bond acceptors (Lipinski definition) is 3. The molecule has 0 aliphatic rings. The van der Waals surface area contributed by atoms with Gasteiger partial charge < -0.3 is 10.8 Å². The second kappa shape index (κ2) is 6.48. The molecule has 0 fully saturated rings. The SMILES string of the molecule is CCC(C(=O)O)c1ccc(Sc2ccccc2)cc1N. The second-order valence-corrected chi connectivity index (χ2v) is 5.65. The van der Waals surface area contributed by atoms with Crippen molar-refractivity contribution in [3.8, 4) is 0 Å². The third-order valence-corrected chi connectivity index (χ3v) is 4.12. The van der Waals surface area contributed by atoms with Crippen molar-refractivity contribution in [2.75, 3.05) is 5.73 Å². The van der Waals surface area contributed by atoms with Crippen molar-refractivity contribution in [2.24, 2.45) is 0 Å². The molecule has 0 spiro atoms. The smallest absolute Gasteiger partial charge is 0.311 e. The van der Waals surface area contributed by atoms with Crippen molar-refractivity contribution in [3.63, 3.8) is 0 Å². The van der Waals surface area contributed by atoms with E-state index < -0.39 is 11.9 Å². The molecule has 0 amide bonds. The zero-order valence-corrected chi connectivity index (χ0v) is 12.1. The predicted molar refractivity (Wildman–Crippen MR) is 82.1 cm³/mol. The summed E-state index contributed by atoms with van der Waals surface area (Å²) in [5.74, 6) is -1.37. The molecule has 0 bridgehead atoms. The maximum absolute atomic E-state index is 11.2. The van der Waals surface area contributed by atoms with Crippen LogP contribution in [0, 0.1) is 0 Å². The summed E-state index contributed by atoms with van der Waals surface area (Å²) in [5.41, 5.74) is 7.25. The van der Waals surface area contributed by atoms with Crippen LogP contribution in [0.3, 0.4) is 0 Å². The lowest BCUT2D eigenvalue weighted by atomic mass is 9.95. The van der Waals surface area contributed by atoms with Gasteiger partial charge in [0, 0.05) is 15.5 Å². The highest BCUT2D eigenvalue weighted by Gasteiger charge is 2.20. The maximum atomic E-state index is 11.2. The van der Waals surface area contributed by atoms with Gasteiger partial charge >= 0.3 is 5.97 Å². The first kappa shape index (κ1) is 14.5. The Balaban J connectivity index is 2.24. The molecule has 1 atom stereocenters. The average molecular weight is 287 g/mol. The third-order valence-electron chi connectivity index (χ3n) is 3.12. The molecule has 1 unspecified atom stereocenters. The van der Waals surface area contributed by atoms with Crippen LogP contribution < -0.4 is 5.73 Å². The molecule has 0 aliphatic heterocycles. The Hall–Kier alpha value is -1.94. The Morgan fingerprint density at radius 2 is 1.90 bits per heavy atom. The van der Waals surface area contributed by atoms with Gasteiger partial charge in [0.2, 0.25) is 0 Å². The van der Waals surface area contributed by atoms with Gasteiger partial charge in [0.25, 0.3) is 0 Å². The van der Waals surface area contributed by atoms with Gasteiger partial charge in [-0.3, -0.25) is 4.79 Å². The molecule has 0 heterocycles. The minimum atomic E-state index is -0.831. The predicted octanol–water partition coefficient (Wildman–Crippen LogP) is 4.00. The maximum Gasteiger partial charge on any atom is 0.311 e. The number of carboxylic acid groups (broad SMARTS) is 1. The number of nitrogen functional groups attached to an aromatic ring is 1. The van der Waals surface area contributed by atoms with Gasteiger partial charge in [-0.05, 0) is 36.2 Å². The molecule has 4 heteroatoms. The van der Waals surface area contributed by atoms with E-state index in [-0.39, 0.29) is 0 Å². The standard InChI is InChI=1S/C16H17NO2S/c1-2-13(16(18)19)14-9-8-12(10-15(14)17)20-11-6-4-3-5-7-11/h3-10,13H,2,17H2,1H3,(H,18,19). The molecular weight excluding hydrogens is 270 g/mol. The summed E-state index contributed by atoms with van der Waals surface area (Å²) in [5, 5.41) is 9.19. The summed E-state index contributed by atoms with van der Waals surface area (Å²) in [4.78, 5) is 13.3. The number of carbonyl (C=O) groups is 1. The number of nitrogens with two attached hydrogens (primary N) is 1. The fourth-order valence-electron chi connectivity index (χ4n) is 2.09. The molecule has 2 rings (SSSR count). The highest BCUT2D eigenvalue weighted by atomic mass is 32.2. The molecule has 20 heavy (non-hydrogen) atoms. The van der Waals surface area contributed by atoms with E-state index in [4.69, 9.17) is 5.73 Å². The van der Waals surface area contributed by atoms with Gasteiger partial charge in [-0.1, -0.05) is 43.0 Å². The Bertz CT molecular complexity index is 599. The second-order valence-electron chi connectivity index (χ2n) is 4.50. The normalized spacial score (nSPS) is 12.1. The number of carboxylic acids is 1. The Labute approximate surface area is 122 Å². The summed E-state index contributed by atoms with van der Waals surface area (Å²) in [6.07, 6.45) is 0.532. The van der Waals surface area contributed by atoms with Crippen LogP contribution in [0.15, 0.2) is 58.3 Å². The molecule has 2 aromatic rings. The minimum Gasteiger partial charge on any atom is -0.481 e. The molecule has 0 aliphatic carbocycles. The van der Waals surface area contributed by atoms with Crippen LogP contribution in [0.1, 0.15) is 24.8 Å². The van der Waals surface area contributed by atoms with Gasteiger partial charge in [0.15, 0.2) is 0 Å². The minimum absolute atomic E-state index is 0.532. The van der Waals surface area contributed by atoms with Crippen LogP contribution in [0.4, 0.5) is 5.69 Å². The van der Waals surface area contributed by atoms with Gasteiger partial charge in [-0.2, -0.15) is 0 Å². The van der Waals surface area contributed by atoms with Gasteiger partial charge in [0.1, 0.15) is 0 Å². The molecule has 104 valence electrons. The van der Waals surface area contributed by atoms with Crippen molar-refractivity contribution >= 4 is 23.4 Å². The highest BCUT2D eigenvalue weighted by molar-refractivity contribution is 7.99. The van der Waals surface area contributed by atoms with Crippen LogP contribution in [0.25, 0.3) is 0 Å². The Morgan fingerprint density at radius 1 is 1.20 bits per heavy atom. The van der Waals surface area contributed by atoms with Crippen LogP contribution in [0.5, 0.6) is 0 Å². The largest absolute Gasteiger partial charge is 0.481 e. The lowest BCUT2D eigenvalue weighted by Gasteiger charge is -2.14. The fraction of sp³-hybridized carbons (Fsp3) is 0.188. The number of anilines is 1. The lowest BCUT2D eigenvalue weighted by molar-refractivity contribution is -0.138. The molecule has 0 aromatic heterocycles. The summed E-state index contributed by atoms with van der Waals surface area (Å²) < 4.78 is 0. The van der Waals surface area contributed by atoms with Gasteiger partial charge in [-0.15, -0.1) is 0 Å². The first-order valence-electron chi connectivity index (χ1n) is 6.47. The summed E-state index contributed by atoms with van der Waals surface area (Å²) in [6, 6.07) is 15.6. The molecular formula is C16H17NO2S. The highest BCUT2D eigenvalue weighted by Crippen LogP contribution is 2.33. The topological polar surface area (TPSA) is 63.3 Å². The molecule has 0 radical (unpaired) electrons. The first-order valence-corrected chi connectivity index (χ1v) is 7.28. The zero-order valence-electron chi connectivity index (χ0n) is 11.2. The summed E-state index contributed by atoms with van der Waals surface area (Å²) in [6.45, 7) is 1.85. The first-order chi connectivity index (χ1) is 9.61. The molecule has 0 saturated carbocycles. The molecule has 2 aromatic carbocycles. The molecule has 3 nitrogen and oxygen atoms in total. The zero-order chi connectivity index (χ0) is 14.5. The van der Waals surface area contributed by atoms with E-state index in [1.54, 1.807) is 11.8 Å². The van der Waals surface area contributed by atoms with Crippen molar-refractivity contribution < 1.29 is 9.90 Å². The van der Waals surface area contributed by atoms with E-state index in [2.05, 4.69) is 0 Å². The molecule has 3 N–H and O–H groups in total. The average Bonchev–Trinajstić information content (AvgIpc) is 2.43. The lowest BCUT2D eigenvalue weighted by Crippen LogP contribution is -2.12. The number of hydrogen-bond donors (Lipinski definition) is 2. The number of rotatable bonds is 5. The van der Waals surface area contributed by atoms with E-state index >= 15 is 0 Å². The third kappa shape index (κ3) is 3.33. The van der Waals surface area contributed by atoms with Crippen molar-refractivity contribution in [2.45, 2.75) is 29.1 Å². The van der Waals surface area contributed by atoms with Crippen molar-refractivity contribution in [1.29, 1.82) is 0 Å². The monoisotopic (exact) mass is 287 g/mol. The quantitative estimate of drug-likeness (QED) is 0.816.